The van der Waals surface area contributed by atoms with Gasteiger partial charge in [0.25, 0.3) is 0 Å². The molecule has 18 heavy (non-hydrogen) atoms. The molecule has 0 aliphatic heterocycles. The highest BCUT2D eigenvalue weighted by Crippen LogP contribution is 2.29. The zero-order valence-corrected chi connectivity index (χ0v) is 11.4. The van der Waals surface area contributed by atoms with Gasteiger partial charge in [0.2, 0.25) is 0 Å². The Morgan fingerprint density at radius 2 is 1.78 bits per heavy atom. The monoisotopic (exact) mass is 250 g/mol. The first-order valence-corrected chi connectivity index (χ1v) is 5.84. The molecule has 0 amide bonds. The molecule has 0 saturated carbocycles. The Labute approximate surface area is 107 Å². The first kappa shape index (κ1) is 14.2. The van der Waals surface area contributed by atoms with Gasteiger partial charge in [-0.3, -0.25) is 4.79 Å². The molecule has 0 fully saturated rings. The van der Waals surface area contributed by atoms with E-state index in [1.54, 1.807) is 19.9 Å². The fraction of sp³-hybridized carbons (Fsp3) is 0.429. The predicted octanol–water partition coefficient (Wildman–Crippen LogP) is 2.71. The number of hydrogen-bond acceptors (Lipinski definition) is 4. The van der Waals surface area contributed by atoms with Gasteiger partial charge in [-0.15, -0.1) is 0 Å². The number of carbonyl (C=O) groups excluding carboxylic acids is 2. The van der Waals surface area contributed by atoms with Gasteiger partial charge < -0.3 is 9.47 Å². The number of aryl methyl sites for hydroxylation is 1. The predicted molar refractivity (Wildman–Crippen MR) is 67.9 cm³/mol. The van der Waals surface area contributed by atoms with Crippen molar-refractivity contribution in [1.82, 2.24) is 0 Å². The third kappa shape index (κ3) is 2.88. The zero-order chi connectivity index (χ0) is 13.9. The van der Waals surface area contributed by atoms with Gasteiger partial charge >= 0.3 is 11.9 Å². The number of rotatable bonds is 3. The van der Waals surface area contributed by atoms with Crippen molar-refractivity contribution in [2.45, 2.75) is 34.6 Å². The Balaban J connectivity index is 3.28. The third-order valence-electron chi connectivity index (χ3n) is 2.77. The lowest BCUT2D eigenvalue weighted by molar-refractivity contribution is -0.131. The maximum atomic E-state index is 11.8. The maximum Gasteiger partial charge on any atom is 0.338 e. The molecule has 0 unspecified atom stereocenters. The summed E-state index contributed by atoms with van der Waals surface area (Å²) in [7, 11) is 0. The van der Waals surface area contributed by atoms with E-state index >= 15 is 0 Å². The molecule has 0 heterocycles. The van der Waals surface area contributed by atoms with Crippen LogP contribution < -0.4 is 4.74 Å². The van der Waals surface area contributed by atoms with Crippen LogP contribution in [0.1, 0.15) is 40.9 Å². The minimum absolute atomic E-state index is 0.335. The molecular formula is C14H18O4. The van der Waals surface area contributed by atoms with E-state index in [1.807, 2.05) is 13.8 Å². The molecule has 0 aromatic heterocycles. The van der Waals surface area contributed by atoms with Crippen LogP contribution in [0.2, 0.25) is 0 Å². The topological polar surface area (TPSA) is 52.6 Å². The normalized spacial score (nSPS) is 10.1. The van der Waals surface area contributed by atoms with Gasteiger partial charge in [-0.05, 0) is 50.5 Å². The van der Waals surface area contributed by atoms with E-state index in [-0.39, 0.29) is 11.9 Å². The summed E-state index contributed by atoms with van der Waals surface area (Å²) < 4.78 is 10.2. The van der Waals surface area contributed by atoms with Crippen LogP contribution in [-0.2, 0) is 9.53 Å². The second-order valence-electron chi connectivity index (χ2n) is 4.13. The molecule has 4 heteroatoms. The molecule has 1 aromatic carbocycles. The Bertz CT molecular complexity index is 489. The van der Waals surface area contributed by atoms with Crippen molar-refractivity contribution in [3.8, 4) is 5.75 Å². The van der Waals surface area contributed by atoms with Crippen molar-refractivity contribution in [3.63, 3.8) is 0 Å². The standard InChI is InChI=1S/C14H18O4/c1-6-17-14(16)12-7-8(2)13(18-11(5)15)10(4)9(12)3/h7H,6H2,1-5H3. The molecule has 0 atom stereocenters. The lowest BCUT2D eigenvalue weighted by atomic mass is 9.98. The van der Waals surface area contributed by atoms with Crippen molar-refractivity contribution in [2.24, 2.45) is 0 Å². The molecule has 0 N–H and O–H groups in total. The fourth-order valence-corrected chi connectivity index (χ4v) is 1.78. The minimum atomic E-state index is -0.371. The van der Waals surface area contributed by atoms with E-state index < -0.39 is 0 Å². The van der Waals surface area contributed by atoms with Crippen LogP contribution in [0, 0.1) is 20.8 Å². The molecular weight excluding hydrogens is 232 g/mol. The van der Waals surface area contributed by atoms with Crippen LogP contribution in [0.4, 0.5) is 0 Å². The van der Waals surface area contributed by atoms with E-state index in [0.29, 0.717) is 17.9 Å². The molecule has 0 bridgehead atoms. The van der Waals surface area contributed by atoms with Crippen molar-refractivity contribution in [3.05, 3.63) is 28.3 Å². The van der Waals surface area contributed by atoms with Crippen molar-refractivity contribution in [2.75, 3.05) is 6.61 Å². The fourth-order valence-electron chi connectivity index (χ4n) is 1.78. The molecule has 4 nitrogen and oxygen atoms in total. The summed E-state index contributed by atoms with van der Waals surface area (Å²) in [5.41, 5.74) is 2.82. The second-order valence-corrected chi connectivity index (χ2v) is 4.13. The number of hydrogen-bond donors (Lipinski definition) is 0. The molecule has 0 spiro atoms. The Hall–Kier alpha value is -1.84. The van der Waals surface area contributed by atoms with Gasteiger partial charge in [0.15, 0.2) is 0 Å². The summed E-state index contributed by atoms with van der Waals surface area (Å²) in [6.45, 7) is 8.89. The first-order chi connectivity index (χ1) is 8.38. The zero-order valence-electron chi connectivity index (χ0n) is 11.4. The molecule has 0 aliphatic carbocycles. The van der Waals surface area contributed by atoms with Crippen LogP contribution in [0.3, 0.4) is 0 Å². The van der Waals surface area contributed by atoms with Gasteiger partial charge in [0, 0.05) is 6.92 Å². The molecule has 0 aliphatic rings. The number of carbonyl (C=O) groups is 2. The first-order valence-electron chi connectivity index (χ1n) is 5.84. The van der Waals surface area contributed by atoms with Gasteiger partial charge in [-0.1, -0.05) is 0 Å². The number of benzene rings is 1. The Kier molecular flexibility index (Phi) is 4.48. The SMILES string of the molecule is CCOC(=O)c1cc(C)c(OC(C)=O)c(C)c1C. The summed E-state index contributed by atoms with van der Waals surface area (Å²) in [6, 6.07) is 1.69. The molecule has 0 radical (unpaired) electrons. The highest BCUT2D eigenvalue weighted by atomic mass is 16.5. The van der Waals surface area contributed by atoms with Gasteiger partial charge in [0.05, 0.1) is 12.2 Å². The molecule has 1 aromatic rings. The van der Waals surface area contributed by atoms with Crippen molar-refractivity contribution in [1.29, 1.82) is 0 Å². The molecule has 1 rings (SSSR count). The van der Waals surface area contributed by atoms with Crippen LogP contribution >= 0.6 is 0 Å². The second kappa shape index (κ2) is 5.67. The summed E-state index contributed by atoms with van der Waals surface area (Å²) in [4.78, 5) is 22.8. The highest BCUT2D eigenvalue weighted by Gasteiger charge is 2.17. The lowest BCUT2D eigenvalue weighted by Gasteiger charge is -2.15. The molecule has 0 saturated heterocycles. The largest absolute Gasteiger partial charge is 0.462 e. The summed E-state index contributed by atoms with van der Waals surface area (Å²) in [5, 5.41) is 0. The van der Waals surface area contributed by atoms with Crippen LogP contribution in [0.15, 0.2) is 6.07 Å². The average Bonchev–Trinajstić information content (AvgIpc) is 2.29. The van der Waals surface area contributed by atoms with E-state index in [0.717, 1.165) is 16.7 Å². The average molecular weight is 250 g/mol. The van der Waals surface area contributed by atoms with E-state index in [2.05, 4.69) is 0 Å². The van der Waals surface area contributed by atoms with Gasteiger partial charge in [0.1, 0.15) is 5.75 Å². The van der Waals surface area contributed by atoms with E-state index in [9.17, 15) is 9.59 Å². The van der Waals surface area contributed by atoms with Crippen LogP contribution in [-0.4, -0.2) is 18.5 Å². The summed E-state index contributed by atoms with van der Waals surface area (Å²) >= 11 is 0. The van der Waals surface area contributed by atoms with Gasteiger partial charge in [-0.2, -0.15) is 0 Å². The highest BCUT2D eigenvalue weighted by molar-refractivity contribution is 5.92. The maximum absolute atomic E-state index is 11.8. The summed E-state index contributed by atoms with van der Waals surface area (Å²) in [6.07, 6.45) is 0. The van der Waals surface area contributed by atoms with Gasteiger partial charge in [-0.25, -0.2) is 4.79 Å². The lowest BCUT2D eigenvalue weighted by Crippen LogP contribution is -2.11. The Morgan fingerprint density at radius 3 is 2.28 bits per heavy atom. The quantitative estimate of drug-likeness (QED) is 0.611. The number of ether oxygens (including phenoxy) is 2. The van der Waals surface area contributed by atoms with Crippen LogP contribution in [0.5, 0.6) is 5.75 Å². The Morgan fingerprint density at radius 1 is 1.17 bits per heavy atom. The van der Waals surface area contributed by atoms with Crippen molar-refractivity contribution >= 4 is 11.9 Å². The summed E-state index contributed by atoms with van der Waals surface area (Å²) in [5.74, 6) is -0.201. The van der Waals surface area contributed by atoms with E-state index in [4.69, 9.17) is 9.47 Å². The minimum Gasteiger partial charge on any atom is -0.462 e. The number of esters is 2. The smallest absolute Gasteiger partial charge is 0.338 e. The van der Waals surface area contributed by atoms with Crippen LogP contribution in [0.25, 0.3) is 0 Å². The van der Waals surface area contributed by atoms with E-state index in [1.165, 1.54) is 6.92 Å². The third-order valence-corrected chi connectivity index (χ3v) is 2.77. The molecule has 98 valence electrons. The van der Waals surface area contributed by atoms with Crippen molar-refractivity contribution < 1.29 is 19.1 Å².